The van der Waals surface area contributed by atoms with Crippen LogP contribution in [0, 0.1) is 5.92 Å². The predicted molar refractivity (Wildman–Crippen MR) is 103 cm³/mol. The maximum absolute atomic E-state index is 12.4. The minimum Gasteiger partial charge on any atom is -0.348 e. The lowest BCUT2D eigenvalue weighted by atomic mass is 9.96. The zero-order chi connectivity index (χ0) is 16.9. The molecule has 0 aliphatic rings. The second-order valence-electron chi connectivity index (χ2n) is 5.94. The van der Waals surface area contributed by atoms with Crippen molar-refractivity contribution in [2.75, 3.05) is 5.75 Å². The van der Waals surface area contributed by atoms with E-state index in [1.165, 1.54) is 11.8 Å². The van der Waals surface area contributed by atoms with Gasteiger partial charge in [-0.3, -0.25) is 4.79 Å². The standard InChI is InChI=1S/C19H20N2OS2/c1-13(2)18(14-8-4-3-5-9-14)21-17(22)12-23-19-20-15-10-6-7-11-16(15)24-19/h3-11,13,18H,12H2,1-2H3,(H,21,22). The van der Waals surface area contributed by atoms with Crippen molar-refractivity contribution in [1.29, 1.82) is 0 Å². The number of amides is 1. The monoisotopic (exact) mass is 356 g/mol. The van der Waals surface area contributed by atoms with Crippen molar-refractivity contribution in [3.8, 4) is 0 Å². The molecule has 0 spiro atoms. The highest BCUT2D eigenvalue weighted by Crippen LogP contribution is 2.29. The van der Waals surface area contributed by atoms with Crippen molar-refractivity contribution in [2.45, 2.75) is 24.2 Å². The molecule has 24 heavy (non-hydrogen) atoms. The second-order valence-corrected chi connectivity index (χ2v) is 8.19. The second kappa shape index (κ2) is 7.81. The van der Waals surface area contributed by atoms with Gasteiger partial charge in [-0.15, -0.1) is 11.3 Å². The molecule has 3 nitrogen and oxygen atoms in total. The Labute approximate surface area is 150 Å². The first-order valence-corrected chi connectivity index (χ1v) is 9.76. The molecule has 0 bridgehead atoms. The number of thioether (sulfide) groups is 1. The molecule has 0 aliphatic carbocycles. The van der Waals surface area contributed by atoms with E-state index in [1.807, 2.05) is 36.4 Å². The lowest BCUT2D eigenvalue weighted by Gasteiger charge is -2.22. The van der Waals surface area contributed by atoms with Crippen molar-refractivity contribution in [3.05, 3.63) is 60.2 Å². The SMILES string of the molecule is CC(C)C(NC(=O)CSc1nc2ccccc2s1)c1ccccc1. The number of nitrogens with zero attached hydrogens (tertiary/aromatic N) is 1. The lowest BCUT2D eigenvalue weighted by molar-refractivity contribution is -0.119. The molecule has 0 saturated carbocycles. The number of hydrogen-bond acceptors (Lipinski definition) is 4. The normalized spacial score (nSPS) is 12.5. The lowest BCUT2D eigenvalue weighted by Crippen LogP contribution is -2.32. The molecular weight excluding hydrogens is 336 g/mol. The van der Waals surface area contributed by atoms with Gasteiger partial charge < -0.3 is 5.32 Å². The van der Waals surface area contributed by atoms with Crippen LogP contribution in [0.1, 0.15) is 25.5 Å². The van der Waals surface area contributed by atoms with Crippen LogP contribution in [0.15, 0.2) is 58.9 Å². The molecule has 5 heteroatoms. The van der Waals surface area contributed by atoms with Gasteiger partial charge in [-0.1, -0.05) is 68.1 Å². The third-order valence-corrected chi connectivity index (χ3v) is 5.92. The Bertz CT molecular complexity index is 781. The number of nitrogens with one attached hydrogen (secondary N) is 1. The summed E-state index contributed by atoms with van der Waals surface area (Å²) < 4.78 is 2.09. The molecular formula is C19H20N2OS2. The van der Waals surface area contributed by atoms with E-state index >= 15 is 0 Å². The quantitative estimate of drug-likeness (QED) is 0.639. The summed E-state index contributed by atoms with van der Waals surface area (Å²) in [5, 5.41) is 3.15. The Hall–Kier alpha value is -1.85. The van der Waals surface area contributed by atoms with Gasteiger partial charge in [0.25, 0.3) is 0 Å². The fourth-order valence-corrected chi connectivity index (χ4v) is 4.43. The van der Waals surface area contributed by atoms with Gasteiger partial charge in [-0.2, -0.15) is 0 Å². The summed E-state index contributed by atoms with van der Waals surface area (Å²) in [6, 6.07) is 18.2. The number of thiazole rings is 1. The molecule has 3 rings (SSSR count). The summed E-state index contributed by atoms with van der Waals surface area (Å²) in [6.45, 7) is 4.25. The molecule has 3 aromatic rings. The van der Waals surface area contributed by atoms with Crippen LogP contribution < -0.4 is 5.32 Å². The minimum absolute atomic E-state index is 0.0367. The fraction of sp³-hybridized carbons (Fsp3) is 0.263. The summed E-state index contributed by atoms with van der Waals surface area (Å²) in [5.41, 5.74) is 2.14. The molecule has 1 atom stereocenters. The first kappa shape index (κ1) is 17.0. The van der Waals surface area contributed by atoms with Crippen LogP contribution in [0.3, 0.4) is 0 Å². The van der Waals surface area contributed by atoms with E-state index in [0.29, 0.717) is 11.7 Å². The van der Waals surface area contributed by atoms with Crippen molar-refractivity contribution < 1.29 is 4.79 Å². The van der Waals surface area contributed by atoms with Crippen LogP contribution in [0.5, 0.6) is 0 Å². The highest BCUT2D eigenvalue weighted by Gasteiger charge is 2.18. The molecule has 1 amide bonds. The van der Waals surface area contributed by atoms with Crippen molar-refractivity contribution in [3.63, 3.8) is 0 Å². The van der Waals surface area contributed by atoms with Gasteiger partial charge in [0.2, 0.25) is 5.91 Å². The van der Waals surface area contributed by atoms with Crippen molar-refractivity contribution in [1.82, 2.24) is 10.3 Å². The van der Waals surface area contributed by atoms with Crippen LogP contribution in [-0.2, 0) is 4.79 Å². The zero-order valence-corrected chi connectivity index (χ0v) is 15.4. The van der Waals surface area contributed by atoms with Gasteiger partial charge in [0.05, 0.1) is 22.0 Å². The maximum Gasteiger partial charge on any atom is 0.230 e. The van der Waals surface area contributed by atoms with Crippen LogP contribution in [0.4, 0.5) is 0 Å². The highest BCUT2D eigenvalue weighted by atomic mass is 32.2. The van der Waals surface area contributed by atoms with Gasteiger partial charge in [0.15, 0.2) is 4.34 Å². The maximum atomic E-state index is 12.4. The summed E-state index contributed by atoms with van der Waals surface area (Å²) in [5.74, 6) is 0.765. The molecule has 0 aliphatic heterocycles. The van der Waals surface area contributed by atoms with Gasteiger partial charge >= 0.3 is 0 Å². The summed E-state index contributed by atoms with van der Waals surface area (Å²) in [7, 11) is 0. The van der Waals surface area contributed by atoms with Gasteiger partial charge in [-0.05, 0) is 23.6 Å². The Morgan fingerprint density at radius 3 is 2.54 bits per heavy atom. The molecule has 2 aromatic carbocycles. The van der Waals surface area contributed by atoms with Crippen LogP contribution in [0.2, 0.25) is 0 Å². The summed E-state index contributed by atoms with van der Waals surface area (Å²) >= 11 is 3.13. The molecule has 0 saturated heterocycles. The van der Waals surface area contributed by atoms with Crippen molar-refractivity contribution in [2.24, 2.45) is 5.92 Å². The van der Waals surface area contributed by atoms with Gasteiger partial charge in [0, 0.05) is 0 Å². The van der Waals surface area contributed by atoms with E-state index in [0.717, 1.165) is 20.1 Å². The summed E-state index contributed by atoms with van der Waals surface area (Å²) in [6.07, 6.45) is 0. The molecule has 0 radical (unpaired) electrons. The Kier molecular flexibility index (Phi) is 5.53. The number of rotatable bonds is 6. The number of benzene rings is 2. The number of carbonyl (C=O) groups is 1. The Morgan fingerprint density at radius 1 is 1.12 bits per heavy atom. The first-order valence-electron chi connectivity index (χ1n) is 7.96. The van der Waals surface area contributed by atoms with E-state index in [1.54, 1.807) is 11.3 Å². The van der Waals surface area contributed by atoms with E-state index in [4.69, 9.17) is 0 Å². The number of aromatic nitrogens is 1. The van der Waals surface area contributed by atoms with Crippen LogP contribution in [0.25, 0.3) is 10.2 Å². The first-order chi connectivity index (χ1) is 11.6. The molecule has 124 valence electrons. The van der Waals surface area contributed by atoms with E-state index in [2.05, 4.69) is 42.3 Å². The largest absolute Gasteiger partial charge is 0.348 e. The molecule has 1 aromatic heterocycles. The highest BCUT2D eigenvalue weighted by molar-refractivity contribution is 8.01. The Morgan fingerprint density at radius 2 is 1.83 bits per heavy atom. The molecule has 1 heterocycles. The number of carbonyl (C=O) groups excluding carboxylic acids is 1. The van der Waals surface area contributed by atoms with E-state index in [9.17, 15) is 4.79 Å². The third kappa shape index (κ3) is 4.16. The average Bonchev–Trinajstić information content (AvgIpc) is 3.01. The van der Waals surface area contributed by atoms with Crippen LogP contribution >= 0.6 is 23.1 Å². The summed E-state index contributed by atoms with van der Waals surface area (Å²) in [4.78, 5) is 16.9. The van der Waals surface area contributed by atoms with E-state index < -0.39 is 0 Å². The average molecular weight is 357 g/mol. The van der Waals surface area contributed by atoms with Gasteiger partial charge in [0.1, 0.15) is 0 Å². The zero-order valence-electron chi connectivity index (χ0n) is 13.7. The fourth-order valence-electron chi connectivity index (χ4n) is 2.55. The molecule has 1 N–H and O–H groups in total. The third-order valence-electron chi connectivity index (χ3n) is 3.74. The topological polar surface area (TPSA) is 42.0 Å². The van der Waals surface area contributed by atoms with Gasteiger partial charge in [-0.25, -0.2) is 4.98 Å². The Balaban J connectivity index is 1.61. The smallest absolute Gasteiger partial charge is 0.230 e. The number of hydrogen-bond donors (Lipinski definition) is 1. The molecule has 0 fully saturated rings. The van der Waals surface area contributed by atoms with Crippen LogP contribution in [-0.4, -0.2) is 16.6 Å². The van der Waals surface area contributed by atoms with Crippen molar-refractivity contribution >= 4 is 39.2 Å². The van der Waals surface area contributed by atoms with E-state index in [-0.39, 0.29) is 11.9 Å². The predicted octanol–water partition coefficient (Wildman–Crippen LogP) is 4.90. The minimum atomic E-state index is 0.0367. The number of para-hydroxylation sites is 1. The number of fused-ring (bicyclic) bond motifs is 1. The molecule has 1 unspecified atom stereocenters.